The van der Waals surface area contributed by atoms with Gasteiger partial charge in [-0.2, -0.15) is 0 Å². The summed E-state index contributed by atoms with van der Waals surface area (Å²) in [7, 11) is 0.119. The van der Waals surface area contributed by atoms with Crippen LogP contribution < -0.4 is 9.62 Å². The van der Waals surface area contributed by atoms with Crippen LogP contribution in [-0.2, 0) is 10.0 Å². The minimum absolute atomic E-state index is 0.0847. The van der Waals surface area contributed by atoms with Crippen LogP contribution in [0.2, 0.25) is 0 Å². The highest BCUT2D eigenvalue weighted by molar-refractivity contribution is 7.89. The summed E-state index contributed by atoms with van der Waals surface area (Å²) in [5.74, 6) is 0. The van der Waals surface area contributed by atoms with Crippen LogP contribution in [0, 0.1) is 17.0 Å². The Labute approximate surface area is 112 Å². The van der Waals surface area contributed by atoms with Crippen molar-refractivity contribution in [1.82, 2.24) is 4.72 Å². The third kappa shape index (κ3) is 4.27. The van der Waals surface area contributed by atoms with E-state index in [1.165, 1.54) is 12.1 Å². The standard InChI is InChI=1S/C11H17N3O4S/c1-9-4-5-10(8-11(9)14(15)16)19(17,18)12-6-7-13(2)3/h4-5,8,12H,6-7H2,1-3H3/p+1. The quantitative estimate of drug-likeness (QED) is 0.536. The Kier molecular flexibility index (Phi) is 4.98. The van der Waals surface area contributed by atoms with E-state index in [0.29, 0.717) is 12.1 Å². The number of nitrogens with one attached hydrogen (secondary N) is 2. The first kappa shape index (κ1) is 15.5. The fourth-order valence-corrected chi connectivity index (χ4v) is 2.52. The molecule has 1 aromatic carbocycles. The number of nitro benzene ring substituents is 1. The van der Waals surface area contributed by atoms with Gasteiger partial charge in [-0.05, 0) is 13.0 Å². The molecule has 0 fully saturated rings. The Bertz CT molecular complexity index is 569. The largest absolute Gasteiger partial charge is 0.339 e. The van der Waals surface area contributed by atoms with E-state index in [2.05, 4.69) is 4.72 Å². The van der Waals surface area contributed by atoms with Crippen LogP contribution in [0.15, 0.2) is 23.1 Å². The van der Waals surface area contributed by atoms with Crippen molar-refractivity contribution in [3.8, 4) is 0 Å². The third-order valence-corrected chi connectivity index (χ3v) is 4.06. The molecule has 19 heavy (non-hydrogen) atoms. The molecule has 0 spiro atoms. The Balaban J connectivity index is 2.96. The smallest absolute Gasteiger partial charge is 0.273 e. The maximum absolute atomic E-state index is 12.0. The molecule has 1 aromatic rings. The van der Waals surface area contributed by atoms with E-state index in [1.807, 2.05) is 14.1 Å². The van der Waals surface area contributed by atoms with E-state index < -0.39 is 14.9 Å². The van der Waals surface area contributed by atoms with E-state index in [4.69, 9.17) is 0 Å². The van der Waals surface area contributed by atoms with Crippen molar-refractivity contribution in [1.29, 1.82) is 0 Å². The van der Waals surface area contributed by atoms with E-state index in [1.54, 1.807) is 6.92 Å². The summed E-state index contributed by atoms with van der Waals surface area (Å²) >= 11 is 0. The van der Waals surface area contributed by atoms with Crippen molar-refractivity contribution in [2.24, 2.45) is 0 Å². The highest BCUT2D eigenvalue weighted by atomic mass is 32.2. The molecule has 0 amide bonds. The zero-order valence-electron chi connectivity index (χ0n) is 11.1. The molecule has 106 valence electrons. The molecule has 0 aliphatic rings. The number of sulfonamides is 1. The molecule has 0 aromatic heterocycles. The second kappa shape index (κ2) is 6.09. The topological polar surface area (TPSA) is 93.8 Å². The number of hydrogen-bond donors (Lipinski definition) is 2. The van der Waals surface area contributed by atoms with Crippen molar-refractivity contribution in [3.05, 3.63) is 33.9 Å². The molecule has 0 bridgehead atoms. The first-order chi connectivity index (χ1) is 8.74. The molecule has 0 radical (unpaired) electrons. The predicted octanol–water partition coefficient (Wildman–Crippen LogP) is -0.674. The van der Waals surface area contributed by atoms with Crippen LogP contribution in [0.4, 0.5) is 5.69 Å². The number of likely N-dealkylation sites (N-methyl/N-ethyl adjacent to an activating group) is 1. The van der Waals surface area contributed by atoms with Crippen molar-refractivity contribution >= 4 is 15.7 Å². The third-order valence-electron chi connectivity index (χ3n) is 2.60. The van der Waals surface area contributed by atoms with Crippen LogP contribution in [0.1, 0.15) is 5.56 Å². The lowest BCUT2D eigenvalue weighted by atomic mass is 10.2. The lowest BCUT2D eigenvalue weighted by molar-refractivity contribution is -0.856. The van der Waals surface area contributed by atoms with E-state index in [9.17, 15) is 18.5 Å². The Hall–Kier alpha value is -1.51. The summed E-state index contributed by atoms with van der Waals surface area (Å²) in [5, 5.41) is 10.8. The van der Waals surface area contributed by atoms with E-state index >= 15 is 0 Å². The maximum Gasteiger partial charge on any atom is 0.273 e. The van der Waals surface area contributed by atoms with Gasteiger partial charge in [-0.3, -0.25) is 10.1 Å². The fourth-order valence-electron chi connectivity index (χ4n) is 1.47. The number of quaternary nitrogens is 1. The van der Waals surface area contributed by atoms with Gasteiger partial charge in [-0.25, -0.2) is 13.1 Å². The lowest BCUT2D eigenvalue weighted by Crippen LogP contribution is -3.06. The molecule has 0 unspecified atom stereocenters. The zero-order chi connectivity index (χ0) is 14.6. The van der Waals surface area contributed by atoms with Gasteiger partial charge in [0.1, 0.15) is 0 Å². The summed E-state index contributed by atoms with van der Waals surface area (Å²) < 4.78 is 26.3. The second-order valence-electron chi connectivity index (χ2n) is 4.56. The highest BCUT2D eigenvalue weighted by Gasteiger charge is 2.19. The van der Waals surface area contributed by atoms with Crippen molar-refractivity contribution < 1.29 is 18.2 Å². The van der Waals surface area contributed by atoms with Crippen LogP contribution >= 0.6 is 0 Å². The Morgan fingerprint density at radius 3 is 2.53 bits per heavy atom. The SMILES string of the molecule is Cc1ccc(S(=O)(=O)NCC[NH+](C)C)cc1[N+](=O)[O-]. The number of hydrogen-bond acceptors (Lipinski definition) is 4. The number of rotatable bonds is 6. The van der Waals surface area contributed by atoms with Gasteiger partial charge in [-0.15, -0.1) is 0 Å². The van der Waals surface area contributed by atoms with Gasteiger partial charge in [0, 0.05) is 11.6 Å². The summed E-state index contributed by atoms with van der Waals surface area (Å²) in [6.45, 7) is 2.48. The molecular weight excluding hydrogens is 270 g/mol. The van der Waals surface area contributed by atoms with Gasteiger partial charge in [0.05, 0.1) is 37.0 Å². The van der Waals surface area contributed by atoms with Gasteiger partial charge in [-0.1, -0.05) is 6.07 Å². The molecule has 1 rings (SSSR count). The van der Waals surface area contributed by atoms with Crippen LogP contribution in [0.25, 0.3) is 0 Å². The highest BCUT2D eigenvalue weighted by Crippen LogP contribution is 2.21. The monoisotopic (exact) mass is 288 g/mol. The summed E-state index contributed by atoms with van der Waals surface area (Å²) in [5.41, 5.74) is 0.239. The molecule has 0 atom stereocenters. The molecule has 8 heteroatoms. The first-order valence-corrected chi connectivity index (χ1v) is 7.26. The molecule has 0 heterocycles. The minimum atomic E-state index is -3.70. The van der Waals surface area contributed by atoms with Crippen molar-refractivity contribution in [3.63, 3.8) is 0 Å². The van der Waals surface area contributed by atoms with E-state index in [0.717, 1.165) is 11.0 Å². The normalized spacial score (nSPS) is 11.8. The molecule has 0 aliphatic carbocycles. The van der Waals surface area contributed by atoms with Gasteiger partial charge < -0.3 is 4.90 Å². The van der Waals surface area contributed by atoms with Crippen LogP contribution in [-0.4, -0.2) is 40.5 Å². The molecule has 2 N–H and O–H groups in total. The number of aryl methyl sites for hydroxylation is 1. The number of benzene rings is 1. The molecule has 0 saturated carbocycles. The molecular formula is C11H18N3O4S+. The Morgan fingerprint density at radius 2 is 2.00 bits per heavy atom. The zero-order valence-corrected chi connectivity index (χ0v) is 12.0. The van der Waals surface area contributed by atoms with E-state index in [-0.39, 0.29) is 17.1 Å². The van der Waals surface area contributed by atoms with Crippen molar-refractivity contribution in [2.75, 3.05) is 27.2 Å². The van der Waals surface area contributed by atoms with Crippen LogP contribution in [0.3, 0.4) is 0 Å². The number of nitrogens with zero attached hydrogens (tertiary/aromatic N) is 1. The van der Waals surface area contributed by atoms with Crippen LogP contribution in [0.5, 0.6) is 0 Å². The minimum Gasteiger partial charge on any atom is -0.339 e. The summed E-state index contributed by atoms with van der Waals surface area (Å²) in [6.07, 6.45) is 0. The van der Waals surface area contributed by atoms with Gasteiger partial charge in [0.2, 0.25) is 10.0 Å². The lowest BCUT2D eigenvalue weighted by Gasteiger charge is -2.09. The summed E-state index contributed by atoms with van der Waals surface area (Å²) in [6, 6.07) is 3.89. The molecule has 7 nitrogen and oxygen atoms in total. The van der Waals surface area contributed by atoms with Gasteiger partial charge in [0.15, 0.2) is 0 Å². The fraction of sp³-hybridized carbons (Fsp3) is 0.455. The molecule has 0 aliphatic heterocycles. The number of nitro groups is 1. The summed E-state index contributed by atoms with van der Waals surface area (Å²) in [4.78, 5) is 11.2. The molecule has 0 saturated heterocycles. The van der Waals surface area contributed by atoms with Crippen molar-refractivity contribution in [2.45, 2.75) is 11.8 Å². The average Bonchev–Trinajstić information content (AvgIpc) is 2.27. The Morgan fingerprint density at radius 1 is 1.37 bits per heavy atom. The first-order valence-electron chi connectivity index (χ1n) is 5.78. The maximum atomic E-state index is 12.0. The predicted molar refractivity (Wildman–Crippen MR) is 70.7 cm³/mol. The average molecular weight is 288 g/mol. The van der Waals surface area contributed by atoms with Gasteiger partial charge >= 0.3 is 0 Å². The van der Waals surface area contributed by atoms with Gasteiger partial charge in [0.25, 0.3) is 5.69 Å². The second-order valence-corrected chi connectivity index (χ2v) is 6.33.